The van der Waals surface area contributed by atoms with E-state index in [0.29, 0.717) is 34.6 Å². The van der Waals surface area contributed by atoms with Gasteiger partial charge in [-0.05, 0) is 24.5 Å². The minimum absolute atomic E-state index is 0.324. The van der Waals surface area contributed by atoms with Crippen LogP contribution in [0.3, 0.4) is 0 Å². The number of methoxy groups -OCH3 is 1. The number of carbonyl (C=O) groups excluding carboxylic acids is 1. The smallest absolute Gasteiger partial charge is 0.273 e. The van der Waals surface area contributed by atoms with E-state index in [1.165, 1.54) is 13.4 Å². The molecule has 0 spiro atoms. The lowest BCUT2D eigenvalue weighted by molar-refractivity contribution is 0.0959. The van der Waals surface area contributed by atoms with Gasteiger partial charge >= 0.3 is 0 Å². The quantitative estimate of drug-likeness (QED) is 0.543. The highest BCUT2D eigenvalue weighted by Crippen LogP contribution is 2.22. The van der Waals surface area contributed by atoms with Crippen molar-refractivity contribution in [3.05, 3.63) is 36.2 Å². The van der Waals surface area contributed by atoms with Crippen LogP contribution >= 0.6 is 0 Å². The molecule has 1 heterocycles. The van der Waals surface area contributed by atoms with Crippen molar-refractivity contribution in [2.75, 3.05) is 30.1 Å². The number of carbonyl (C=O) groups is 1. The number of ether oxygens (including phenoxy) is 1. The van der Waals surface area contributed by atoms with Crippen LogP contribution < -0.4 is 26.6 Å². The molecule has 0 saturated heterocycles. The first-order valence-corrected chi connectivity index (χ1v) is 8.06. The topological polar surface area (TPSA) is 114 Å². The number of benzene rings is 1. The molecular formula is C17H24N6O2. The summed E-state index contributed by atoms with van der Waals surface area (Å²) < 4.78 is 5.18. The van der Waals surface area contributed by atoms with Gasteiger partial charge in [-0.2, -0.15) is 0 Å². The van der Waals surface area contributed by atoms with E-state index in [0.717, 1.165) is 13.0 Å². The number of hydrogen-bond donors (Lipinski definition) is 4. The SMILES string of the molecule is COc1ccccc1C(=O)NNc1ncnc(NCCC(C)C)c1N. The van der Waals surface area contributed by atoms with Gasteiger partial charge in [0.05, 0.1) is 12.7 Å². The molecule has 0 aliphatic heterocycles. The molecule has 5 N–H and O–H groups in total. The molecule has 0 fully saturated rings. The number of amides is 1. The third kappa shape index (κ3) is 4.97. The third-order valence-corrected chi connectivity index (χ3v) is 3.54. The molecule has 0 aliphatic carbocycles. The lowest BCUT2D eigenvalue weighted by atomic mass is 10.1. The van der Waals surface area contributed by atoms with Crippen molar-refractivity contribution in [3.63, 3.8) is 0 Å². The number of nitrogens with zero attached hydrogens (tertiary/aromatic N) is 2. The Kier molecular flexibility index (Phi) is 6.39. The molecule has 8 heteroatoms. The van der Waals surface area contributed by atoms with Crippen LogP contribution in [0.2, 0.25) is 0 Å². The molecule has 0 saturated carbocycles. The minimum atomic E-state index is -0.357. The lowest BCUT2D eigenvalue weighted by Crippen LogP contribution is -2.30. The van der Waals surface area contributed by atoms with E-state index in [2.05, 4.69) is 40.0 Å². The molecule has 2 rings (SSSR count). The highest BCUT2D eigenvalue weighted by atomic mass is 16.5. The molecule has 0 unspecified atom stereocenters. The first-order chi connectivity index (χ1) is 12.0. The van der Waals surface area contributed by atoms with Gasteiger partial charge in [0.1, 0.15) is 17.8 Å². The Bertz CT molecular complexity index is 720. The zero-order valence-electron chi connectivity index (χ0n) is 14.7. The summed E-state index contributed by atoms with van der Waals surface area (Å²) in [6, 6.07) is 6.93. The normalized spacial score (nSPS) is 10.4. The number of hydrazine groups is 1. The summed E-state index contributed by atoms with van der Waals surface area (Å²) in [7, 11) is 1.51. The largest absolute Gasteiger partial charge is 0.496 e. The van der Waals surface area contributed by atoms with Crippen molar-refractivity contribution in [2.24, 2.45) is 5.92 Å². The van der Waals surface area contributed by atoms with Gasteiger partial charge in [0.2, 0.25) is 0 Å². The second kappa shape index (κ2) is 8.72. The van der Waals surface area contributed by atoms with Gasteiger partial charge in [0.15, 0.2) is 11.6 Å². The van der Waals surface area contributed by atoms with E-state index >= 15 is 0 Å². The van der Waals surface area contributed by atoms with Gasteiger partial charge in [0.25, 0.3) is 5.91 Å². The zero-order chi connectivity index (χ0) is 18.2. The van der Waals surface area contributed by atoms with E-state index in [9.17, 15) is 4.79 Å². The highest BCUT2D eigenvalue weighted by Gasteiger charge is 2.13. The predicted octanol–water partition coefficient (Wildman–Crippen LogP) is 2.28. The fourth-order valence-electron chi connectivity index (χ4n) is 2.13. The summed E-state index contributed by atoms with van der Waals surface area (Å²) >= 11 is 0. The molecule has 8 nitrogen and oxygen atoms in total. The van der Waals surface area contributed by atoms with Crippen LogP contribution in [-0.2, 0) is 0 Å². The molecule has 0 radical (unpaired) electrons. The summed E-state index contributed by atoms with van der Waals surface area (Å²) in [4.78, 5) is 20.5. The van der Waals surface area contributed by atoms with E-state index in [-0.39, 0.29) is 5.91 Å². The van der Waals surface area contributed by atoms with Gasteiger partial charge in [0, 0.05) is 6.54 Å². The fourth-order valence-corrected chi connectivity index (χ4v) is 2.13. The van der Waals surface area contributed by atoms with E-state index in [4.69, 9.17) is 10.5 Å². The average molecular weight is 344 g/mol. The van der Waals surface area contributed by atoms with Crippen molar-refractivity contribution < 1.29 is 9.53 Å². The number of nitrogens with one attached hydrogen (secondary N) is 3. The molecule has 0 aliphatic rings. The molecule has 1 aromatic heterocycles. The van der Waals surface area contributed by atoms with Crippen LogP contribution in [0, 0.1) is 5.92 Å². The molecule has 0 bridgehead atoms. The summed E-state index contributed by atoms with van der Waals surface area (Å²) in [6.45, 7) is 5.04. The van der Waals surface area contributed by atoms with Crippen LogP contribution in [-0.4, -0.2) is 29.5 Å². The second-order valence-corrected chi connectivity index (χ2v) is 5.87. The number of para-hydroxylation sites is 1. The summed E-state index contributed by atoms with van der Waals surface area (Å²) in [5.74, 6) is 1.56. The minimum Gasteiger partial charge on any atom is -0.496 e. The van der Waals surface area contributed by atoms with Crippen molar-refractivity contribution in [3.8, 4) is 5.75 Å². The van der Waals surface area contributed by atoms with Crippen molar-refractivity contribution >= 4 is 23.2 Å². The number of nitrogens with two attached hydrogens (primary N) is 1. The molecule has 1 aromatic carbocycles. The van der Waals surface area contributed by atoms with E-state index in [1.54, 1.807) is 24.3 Å². The average Bonchev–Trinajstić information content (AvgIpc) is 2.61. The summed E-state index contributed by atoms with van der Waals surface area (Å²) in [5.41, 5.74) is 12.1. The number of rotatable bonds is 8. The number of hydrogen-bond acceptors (Lipinski definition) is 7. The maximum atomic E-state index is 12.3. The Labute approximate surface area is 147 Å². The number of aromatic nitrogens is 2. The fraction of sp³-hybridized carbons (Fsp3) is 0.353. The van der Waals surface area contributed by atoms with Gasteiger partial charge in [-0.15, -0.1) is 0 Å². The Hall–Kier alpha value is -3.03. The molecule has 1 amide bonds. The summed E-state index contributed by atoms with van der Waals surface area (Å²) in [6.07, 6.45) is 2.38. The highest BCUT2D eigenvalue weighted by molar-refractivity contribution is 5.97. The maximum absolute atomic E-state index is 12.3. The Morgan fingerprint density at radius 3 is 2.68 bits per heavy atom. The molecular weight excluding hydrogens is 320 g/mol. The summed E-state index contributed by atoms with van der Waals surface area (Å²) in [5, 5.41) is 3.17. The van der Waals surface area contributed by atoms with Gasteiger partial charge in [-0.1, -0.05) is 26.0 Å². The Balaban J connectivity index is 2.02. The molecule has 25 heavy (non-hydrogen) atoms. The second-order valence-electron chi connectivity index (χ2n) is 5.87. The van der Waals surface area contributed by atoms with Gasteiger partial charge in [-0.3, -0.25) is 15.6 Å². The molecule has 134 valence electrons. The maximum Gasteiger partial charge on any atom is 0.273 e. The monoisotopic (exact) mass is 344 g/mol. The first-order valence-electron chi connectivity index (χ1n) is 8.06. The van der Waals surface area contributed by atoms with Crippen molar-refractivity contribution in [1.29, 1.82) is 0 Å². The number of anilines is 3. The van der Waals surface area contributed by atoms with Crippen LogP contribution in [0.1, 0.15) is 30.6 Å². The van der Waals surface area contributed by atoms with Crippen LogP contribution in [0.4, 0.5) is 17.3 Å². The predicted molar refractivity (Wildman–Crippen MR) is 98.5 cm³/mol. The standard InChI is InChI=1S/C17H24N6O2/c1-11(2)8-9-19-15-14(18)16(21-10-20-15)22-23-17(24)12-6-4-5-7-13(12)25-3/h4-7,10-11H,8-9,18H2,1-3H3,(H,23,24)(H2,19,20,21,22). The van der Waals surface area contributed by atoms with Crippen LogP contribution in [0.5, 0.6) is 5.75 Å². The van der Waals surface area contributed by atoms with Crippen LogP contribution in [0.25, 0.3) is 0 Å². The van der Waals surface area contributed by atoms with Crippen molar-refractivity contribution in [2.45, 2.75) is 20.3 Å². The van der Waals surface area contributed by atoms with E-state index < -0.39 is 0 Å². The van der Waals surface area contributed by atoms with Gasteiger partial charge in [-0.25, -0.2) is 9.97 Å². The molecule has 0 atom stereocenters. The van der Waals surface area contributed by atoms with Crippen LogP contribution in [0.15, 0.2) is 30.6 Å². The lowest BCUT2D eigenvalue weighted by Gasteiger charge is -2.14. The Morgan fingerprint density at radius 2 is 1.96 bits per heavy atom. The zero-order valence-corrected chi connectivity index (χ0v) is 14.7. The first kappa shape index (κ1) is 18.3. The third-order valence-electron chi connectivity index (χ3n) is 3.54. The van der Waals surface area contributed by atoms with E-state index in [1.807, 2.05) is 0 Å². The Morgan fingerprint density at radius 1 is 1.24 bits per heavy atom. The molecule has 2 aromatic rings. The van der Waals surface area contributed by atoms with Gasteiger partial charge < -0.3 is 15.8 Å². The number of nitrogen functional groups attached to an aromatic ring is 1. The van der Waals surface area contributed by atoms with Crippen molar-refractivity contribution in [1.82, 2.24) is 15.4 Å².